The number of hydrogen-bond acceptors (Lipinski definition) is 4. The number of rotatable bonds is 5. The predicted molar refractivity (Wildman–Crippen MR) is 65.0 cm³/mol. The molecule has 2 atom stereocenters. The molecule has 1 aliphatic rings. The standard InChI is InChI=1S/C10H20O3S2/c1-3-15(12,13)6-4-5-10(11)7-9(2)14-8-10/h9,11H,3-8H2,1-2H3. The Morgan fingerprint density at radius 1 is 1.53 bits per heavy atom. The summed E-state index contributed by atoms with van der Waals surface area (Å²) in [5.41, 5.74) is -0.618. The van der Waals surface area contributed by atoms with Gasteiger partial charge in [-0.05, 0) is 19.3 Å². The van der Waals surface area contributed by atoms with E-state index in [9.17, 15) is 13.5 Å². The fraction of sp³-hybridized carbons (Fsp3) is 1.00. The summed E-state index contributed by atoms with van der Waals surface area (Å²) >= 11 is 1.77. The summed E-state index contributed by atoms with van der Waals surface area (Å²) in [6.07, 6.45) is 1.99. The molecule has 0 bridgehead atoms. The van der Waals surface area contributed by atoms with Crippen LogP contribution >= 0.6 is 11.8 Å². The summed E-state index contributed by atoms with van der Waals surface area (Å²) in [5, 5.41) is 10.6. The van der Waals surface area contributed by atoms with Crippen LogP contribution < -0.4 is 0 Å². The second kappa shape index (κ2) is 5.06. The van der Waals surface area contributed by atoms with E-state index in [4.69, 9.17) is 0 Å². The largest absolute Gasteiger partial charge is 0.389 e. The number of hydrogen-bond donors (Lipinski definition) is 1. The van der Waals surface area contributed by atoms with Gasteiger partial charge in [0.25, 0.3) is 0 Å². The molecule has 0 spiro atoms. The molecule has 0 amide bonds. The molecule has 90 valence electrons. The van der Waals surface area contributed by atoms with Crippen LogP contribution in [0.1, 0.15) is 33.1 Å². The fourth-order valence-electron chi connectivity index (χ4n) is 1.89. The average molecular weight is 252 g/mol. The maximum atomic E-state index is 11.3. The molecule has 2 unspecified atom stereocenters. The first-order chi connectivity index (χ1) is 6.87. The molecule has 1 fully saturated rings. The van der Waals surface area contributed by atoms with Crippen LogP contribution in [0.4, 0.5) is 0 Å². The van der Waals surface area contributed by atoms with Crippen LogP contribution in [-0.4, -0.2) is 41.6 Å². The first kappa shape index (κ1) is 13.3. The van der Waals surface area contributed by atoms with Crippen molar-refractivity contribution in [3.63, 3.8) is 0 Å². The number of sulfone groups is 1. The maximum absolute atomic E-state index is 11.3. The molecule has 5 heteroatoms. The summed E-state index contributed by atoms with van der Waals surface area (Å²) in [7, 11) is -2.87. The van der Waals surface area contributed by atoms with Crippen LogP contribution in [0, 0.1) is 0 Å². The average Bonchev–Trinajstić information content (AvgIpc) is 2.46. The van der Waals surface area contributed by atoms with E-state index >= 15 is 0 Å². The topological polar surface area (TPSA) is 54.4 Å². The van der Waals surface area contributed by atoms with Crippen molar-refractivity contribution in [2.75, 3.05) is 17.3 Å². The number of thioether (sulfide) groups is 1. The van der Waals surface area contributed by atoms with Crippen LogP contribution in [0.2, 0.25) is 0 Å². The Labute approximate surface area is 96.6 Å². The fourth-order valence-corrected chi connectivity index (χ4v) is 4.05. The Morgan fingerprint density at radius 3 is 2.67 bits per heavy atom. The van der Waals surface area contributed by atoms with Crippen molar-refractivity contribution in [2.24, 2.45) is 0 Å². The molecular weight excluding hydrogens is 232 g/mol. The highest BCUT2D eigenvalue weighted by atomic mass is 32.2. The van der Waals surface area contributed by atoms with Crippen LogP contribution in [0.5, 0.6) is 0 Å². The maximum Gasteiger partial charge on any atom is 0.150 e. The number of aliphatic hydroxyl groups is 1. The zero-order valence-corrected chi connectivity index (χ0v) is 11.0. The van der Waals surface area contributed by atoms with E-state index in [0.717, 1.165) is 12.2 Å². The van der Waals surface area contributed by atoms with E-state index in [-0.39, 0.29) is 11.5 Å². The van der Waals surface area contributed by atoms with Gasteiger partial charge >= 0.3 is 0 Å². The SMILES string of the molecule is CCS(=O)(=O)CCCC1(O)CSC(C)C1. The minimum Gasteiger partial charge on any atom is -0.389 e. The van der Waals surface area contributed by atoms with Gasteiger partial charge in [0.15, 0.2) is 0 Å². The second-order valence-corrected chi connectivity index (χ2v) is 8.29. The lowest BCUT2D eigenvalue weighted by Gasteiger charge is -2.21. The van der Waals surface area contributed by atoms with Crippen molar-refractivity contribution in [2.45, 2.75) is 44.0 Å². The normalized spacial score (nSPS) is 32.1. The van der Waals surface area contributed by atoms with E-state index < -0.39 is 15.4 Å². The summed E-state index contributed by atoms with van der Waals surface area (Å²) in [4.78, 5) is 0. The third kappa shape index (κ3) is 4.33. The summed E-state index contributed by atoms with van der Waals surface area (Å²) in [6, 6.07) is 0. The van der Waals surface area contributed by atoms with Crippen molar-refractivity contribution in [3.05, 3.63) is 0 Å². The van der Waals surface area contributed by atoms with E-state index in [0.29, 0.717) is 18.1 Å². The van der Waals surface area contributed by atoms with Gasteiger partial charge in [0.2, 0.25) is 0 Å². The molecule has 1 heterocycles. The summed E-state index contributed by atoms with van der Waals surface area (Å²) < 4.78 is 22.5. The van der Waals surface area contributed by atoms with Gasteiger partial charge in [0, 0.05) is 16.8 Å². The highest BCUT2D eigenvalue weighted by Crippen LogP contribution is 2.37. The Balaban J connectivity index is 2.32. The minimum absolute atomic E-state index is 0.205. The van der Waals surface area contributed by atoms with E-state index in [1.807, 2.05) is 0 Å². The van der Waals surface area contributed by atoms with Gasteiger partial charge < -0.3 is 5.11 Å². The molecule has 0 aromatic heterocycles. The minimum atomic E-state index is -2.87. The molecule has 1 rings (SSSR count). The Morgan fingerprint density at radius 2 is 2.20 bits per heavy atom. The smallest absolute Gasteiger partial charge is 0.150 e. The molecule has 3 nitrogen and oxygen atoms in total. The van der Waals surface area contributed by atoms with Crippen LogP contribution in [-0.2, 0) is 9.84 Å². The van der Waals surface area contributed by atoms with Crippen molar-refractivity contribution in [1.82, 2.24) is 0 Å². The molecule has 0 radical (unpaired) electrons. The lowest BCUT2D eigenvalue weighted by Crippen LogP contribution is -2.29. The molecule has 0 aromatic carbocycles. The lowest BCUT2D eigenvalue weighted by molar-refractivity contribution is 0.0542. The quantitative estimate of drug-likeness (QED) is 0.805. The Hall–Kier alpha value is 0.260. The molecule has 0 aromatic rings. The van der Waals surface area contributed by atoms with E-state index in [2.05, 4.69) is 6.92 Å². The third-order valence-electron chi connectivity index (χ3n) is 2.84. The zero-order chi connectivity index (χ0) is 11.5. The Bertz CT molecular complexity index is 300. The first-order valence-corrected chi connectivity index (χ1v) is 8.28. The molecule has 1 N–H and O–H groups in total. The summed E-state index contributed by atoms with van der Waals surface area (Å²) in [6.45, 7) is 3.77. The first-order valence-electron chi connectivity index (χ1n) is 5.41. The van der Waals surface area contributed by atoms with Gasteiger partial charge in [-0.3, -0.25) is 0 Å². The highest BCUT2D eigenvalue weighted by Gasteiger charge is 2.35. The molecule has 0 aliphatic carbocycles. The lowest BCUT2D eigenvalue weighted by atomic mass is 9.95. The van der Waals surface area contributed by atoms with Crippen molar-refractivity contribution in [3.8, 4) is 0 Å². The van der Waals surface area contributed by atoms with Gasteiger partial charge in [0.1, 0.15) is 9.84 Å². The van der Waals surface area contributed by atoms with Crippen molar-refractivity contribution < 1.29 is 13.5 Å². The van der Waals surface area contributed by atoms with Gasteiger partial charge in [-0.1, -0.05) is 13.8 Å². The van der Waals surface area contributed by atoms with Gasteiger partial charge in [-0.15, -0.1) is 0 Å². The van der Waals surface area contributed by atoms with Crippen LogP contribution in [0.15, 0.2) is 0 Å². The molecule has 0 saturated carbocycles. The monoisotopic (exact) mass is 252 g/mol. The second-order valence-electron chi connectivity index (χ2n) is 4.39. The van der Waals surface area contributed by atoms with Gasteiger partial charge in [0.05, 0.1) is 11.4 Å². The Kier molecular flexibility index (Phi) is 4.50. The predicted octanol–water partition coefficient (Wildman–Crippen LogP) is 1.46. The van der Waals surface area contributed by atoms with E-state index in [1.54, 1.807) is 18.7 Å². The summed E-state index contributed by atoms with van der Waals surface area (Å²) in [5.74, 6) is 1.17. The van der Waals surface area contributed by atoms with Crippen molar-refractivity contribution >= 4 is 21.6 Å². The van der Waals surface area contributed by atoms with Gasteiger partial charge in [-0.25, -0.2) is 8.42 Å². The van der Waals surface area contributed by atoms with Crippen LogP contribution in [0.25, 0.3) is 0 Å². The van der Waals surface area contributed by atoms with E-state index in [1.165, 1.54) is 0 Å². The molecule has 1 aliphatic heterocycles. The molecular formula is C10H20O3S2. The highest BCUT2D eigenvalue weighted by molar-refractivity contribution is 8.00. The molecule has 1 saturated heterocycles. The molecule has 15 heavy (non-hydrogen) atoms. The van der Waals surface area contributed by atoms with Crippen molar-refractivity contribution in [1.29, 1.82) is 0 Å². The zero-order valence-electron chi connectivity index (χ0n) is 9.40. The van der Waals surface area contributed by atoms with Gasteiger partial charge in [-0.2, -0.15) is 11.8 Å². The van der Waals surface area contributed by atoms with Crippen LogP contribution in [0.3, 0.4) is 0 Å². The third-order valence-corrected chi connectivity index (χ3v) is 6.07.